The third-order valence-electron chi connectivity index (χ3n) is 5.84. The van der Waals surface area contributed by atoms with Gasteiger partial charge in [-0.25, -0.2) is 4.79 Å². The van der Waals surface area contributed by atoms with Gasteiger partial charge >= 0.3 is 5.97 Å². The molecule has 0 spiro atoms. The third-order valence-corrected chi connectivity index (χ3v) is 5.84. The molecule has 0 fully saturated rings. The molecule has 4 rings (SSSR count). The zero-order valence-electron chi connectivity index (χ0n) is 20.6. The summed E-state index contributed by atoms with van der Waals surface area (Å²) in [6, 6.07) is 25.8. The lowest BCUT2D eigenvalue weighted by Crippen LogP contribution is -2.44. The van der Waals surface area contributed by atoms with Gasteiger partial charge < -0.3 is 19.8 Å². The molecule has 3 aromatic carbocycles. The quantitative estimate of drug-likeness (QED) is 0.312. The van der Waals surface area contributed by atoms with Crippen molar-refractivity contribution < 1.29 is 23.5 Å². The van der Waals surface area contributed by atoms with E-state index in [4.69, 9.17) is 9.15 Å². The Morgan fingerprint density at radius 2 is 1.57 bits per heavy atom. The van der Waals surface area contributed by atoms with Crippen molar-refractivity contribution >= 4 is 23.5 Å². The SMILES string of the molecule is Cc1ccc(C)c(NC(=O)C(OC(=O)[C@H](Cc2ccccc2)NC(=O)c2ccco2)c2ccccc2)c1. The van der Waals surface area contributed by atoms with E-state index in [0.29, 0.717) is 11.3 Å². The first-order chi connectivity index (χ1) is 17.9. The molecule has 1 aromatic heterocycles. The number of ether oxygens (including phenoxy) is 1. The van der Waals surface area contributed by atoms with E-state index < -0.39 is 29.9 Å². The molecule has 188 valence electrons. The van der Waals surface area contributed by atoms with Crippen LogP contribution in [0.2, 0.25) is 0 Å². The van der Waals surface area contributed by atoms with Crippen LogP contribution in [0.1, 0.15) is 38.9 Å². The minimum atomic E-state index is -1.23. The van der Waals surface area contributed by atoms with Crippen LogP contribution < -0.4 is 10.6 Å². The molecule has 4 aromatic rings. The number of rotatable bonds is 9. The van der Waals surface area contributed by atoms with Crippen LogP contribution in [0.3, 0.4) is 0 Å². The number of furan rings is 1. The number of aryl methyl sites for hydroxylation is 2. The average molecular weight is 497 g/mol. The summed E-state index contributed by atoms with van der Waals surface area (Å²) in [4.78, 5) is 39.6. The van der Waals surface area contributed by atoms with Crippen LogP contribution in [0.5, 0.6) is 0 Å². The van der Waals surface area contributed by atoms with Gasteiger partial charge in [0.15, 0.2) is 5.76 Å². The van der Waals surface area contributed by atoms with Gasteiger partial charge in [0, 0.05) is 17.7 Å². The zero-order valence-corrected chi connectivity index (χ0v) is 20.6. The highest BCUT2D eigenvalue weighted by Gasteiger charge is 2.31. The summed E-state index contributed by atoms with van der Waals surface area (Å²) in [5, 5.41) is 5.58. The Kier molecular flexibility index (Phi) is 8.15. The van der Waals surface area contributed by atoms with Gasteiger partial charge in [-0.3, -0.25) is 9.59 Å². The van der Waals surface area contributed by atoms with Gasteiger partial charge in [-0.05, 0) is 48.7 Å². The lowest BCUT2D eigenvalue weighted by Gasteiger charge is -2.23. The van der Waals surface area contributed by atoms with Gasteiger partial charge in [0.25, 0.3) is 11.8 Å². The van der Waals surface area contributed by atoms with E-state index >= 15 is 0 Å². The molecule has 0 saturated carbocycles. The van der Waals surface area contributed by atoms with E-state index in [0.717, 1.165) is 16.7 Å². The number of anilines is 1. The Balaban J connectivity index is 1.59. The fourth-order valence-corrected chi connectivity index (χ4v) is 3.85. The monoisotopic (exact) mass is 496 g/mol. The second-order valence-electron chi connectivity index (χ2n) is 8.73. The number of nitrogens with one attached hydrogen (secondary N) is 2. The van der Waals surface area contributed by atoms with Crippen molar-refractivity contribution in [1.29, 1.82) is 0 Å². The zero-order chi connectivity index (χ0) is 26.2. The standard InChI is InChI=1S/C30H28N2O5/c1-20-15-16-21(2)24(18-20)31-29(34)27(23-12-7-4-8-13-23)37-30(35)25(19-22-10-5-3-6-11-22)32-28(33)26-14-9-17-36-26/h3-18,25,27H,19H2,1-2H3,(H,31,34)(H,32,33)/t25-,27?/m0/s1. The summed E-state index contributed by atoms with van der Waals surface area (Å²) in [5.74, 6) is -1.73. The molecular weight excluding hydrogens is 468 g/mol. The molecule has 0 aliphatic carbocycles. The Morgan fingerprint density at radius 3 is 2.24 bits per heavy atom. The normalized spacial score (nSPS) is 12.3. The molecule has 2 N–H and O–H groups in total. The molecule has 7 nitrogen and oxygen atoms in total. The van der Waals surface area contributed by atoms with Crippen LogP contribution in [0, 0.1) is 13.8 Å². The van der Waals surface area contributed by atoms with Crippen molar-refractivity contribution in [2.45, 2.75) is 32.4 Å². The van der Waals surface area contributed by atoms with Crippen molar-refractivity contribution in [3.8, 4) is 0 Å². The molecule has 0 aliphatic rings. The van der Waals surface area contributed by atoms with Gasteiger partial charge in [-0.2, -0.15) is 0 Å². The van der Waals surface area contributed by atoms with Crippen LogP contribution in [0.15, 0.2) is 102 Å². The predicted octanol–water partition coefficient (Wildman–Crippen LogP) is 5.16. The van der Waals surface area contributed by atoms with Crippen molar-refractivity contribution in [3.05, 3.63) is 125 Å². The number of benzene rings is 3. The van der Waals surface area contributed by atoms with Crippen LogP contribution >= 0.6 is 0 Å². The smallest absolute Gasteiger partial charge is 0.330 e. The van der Waals surface area contributed by atoms with Crippen molar-refractivity contribution in [2.75, 3.05) is 5.32 Å². The number of hydrogen-bond donors (Lipinski definition) is 2. The number of carbonyl (C=O) groups excluding carboxylic acids is 3. The molecular formula is C30H28N2O5. The van der Waals surface area contributed by atoms with Crippen LogP contribution in [0.4, 0.5) is 5.69 Å². The van der Waals surface area contributed by atoms with E-state index in [2.05, 4.69) is 10.6 Å². The molecule has 2 atom stereocenters. The van der Waals surface area contributed by atoms with E-state index in [1.165, 1.54) is 12.3 Å². The van der Waals surface area contributed by atoms with Gasteiger partial charge in [0.2, 0.25) is 6.10 Å². The van der Waals surface area contributed by atoms with Crippen LogP contribution in [0.25, 0.3) is 0 Å². The maximum Gasteiger partial charge on any atom is 0.330 e. The van der Waals surface area contributed by atoms with E-state index in [1.54, 1.807) is 30.3 Å². The molecule has 7 heteroatoms. The fraction of sp³-hybridized carbons (Fsp3) is 0.167. The highest BCUT2D eigenvalue weighted by atomic mass is 16.5. The Labute approximate surface area is 215 Å². The first kappa shape index (κ1) is 25.4. The lowest BCUT2D eigenvalue weighted by atomic mass is 10.0. The molecule has 0 bridgehead atoms. The minimum Gasteiger partial charge on any atom is -0.459 e. The van der Waals surface area contributed by atoms with Gasteiger partial charge in [0.1, 0.15) is 6.04 Å². The number of esters is 1. The average Bonchev–Trinajstić information content (AvgIpc) is 3.45. The van der Waals surface area contributed by atoms with Crippen molar-refractivity contribution in [2.24, 2.45) is 0 Å². The maximum absolute atomic E-state index is 13.5. The first-order valence-corrected chi connectivity index (χ1v) is 11.9. The molecule has 2 amide bonds. The summed E-state index contributed by atoms with van der Waals surface area (Å²) < 4.78 is 11.0. The molecule has 37 heavy (non-hydrogen) atoms. The predicted molar refractivity (Wildman–Crippen MR) is 140 cm³/mol. The highest BCUT2D eigenvalue weighted by molar-refractivity contribution is 5.98. The number of amides is 2. The van der Waals surface area contributed by atoms with Gasteiger partial charge in [-0.15, -0.1) is 0 Å². The van der Waals surface area contributed by atoms with Gasteiger partial charge in [-0.1, -0.05) is 72.8 Å². The summed E-state index contributed by atoms with van der Waals surface area (Å²) in [6.45, 7) is 3.82. The highest BCUT2D eigenvalue weighted by Crippen LogP contribution is 2.23. The second-order valence-corrected chi connectivity index (χ2v) is 8.73. The Morgan fingerprint density at radius 1 is 0.865 bits per heavy atom. The molecule has 1 heterocycles. The van der Waals surface area contributed by atoms with Crippen molar-refractivity contribution in [1.82, 2.24) is 5.32 Å². The molecule has 0 aliphatic heterocycles. The largest absolute Gasteiger partial charge is 0.459 e. The first-order valence-electron chi connectivity index (χ1n) is 11.9. The maximum atomic E-state index is 13.5. The Bertz CT molecular complexity index is 1350. The fourth-order valence-electron chi connectivity index (χ4n) is 3.85. The molecule has 0 radical (unpaired) electrons. The van der Waals surface area contributed by atoms with Crippen LogP contribution in [-0.2, 0) is 20.7 Å². The summed E-state index contributed by atoms with van der Waals surface area (Å²) in [6.07, 6.45) is 0.321. The number of hydrogen-bond acceptors (Lipinski definition) is 5. The molecule has 1 unspecified atom stereocenters. The topological polar surface area (TPSA) is 97.6 Å². The second kappa shape index (κ2) is 11.9. The minimum absolute atomic E-state index is 0.0677. The van der Waals surface area contributed by atoms with Gasteiger partial charge in [0.05, 0.1) is 6.26 Å². The van der Waals surface area contributed by atoms with E-state index in [9.17, 15) is 14.4 Å². The lowest BCUT2D eigenvalue weighted by molar-refractivity contribution is -0.156. The summed E-state index contributed by atoms with van der Waals surface area (Å²) in [7, 11) is 0. The Hall–Kier alpha value is -4.65. The molecule has 0 saturated heterocycles. The summed E-state index contributed by atoms with van der Waals surface area (Å²) >= 11 is 0. The van der Waals surface area contributed by atoms with E-state index in [-0.39, 0.29) is 12.2 Å². The summed E-state index contributed by atoms with van der Waals surface area (Å²) in [5.41, 5.74) is 3.83. The third kappa shape index (κ3) is 6.73. The number of carbonyl (C=O) groups is 3. The van der Waals surface area contributed by atoms with Crippen LogP contribution in [-0.4, -0.2) is 23.8 Å². The van der Waals surface area contributed by atoms with E-state index in [1.807, 2.05) is 68.4 Å². The van der Waals surface area contributed by atoms with Crippen molar-refractivity contribution in [3.63, 3.8) is 0 Å².